The molecule has 130 valence electrons. The van der Waals surface area contributed by atoms with Gasteiger partial charge in [-0.05, 0) is 30.4 Å². The molecule has 0 atom stereocenters. The number of amidine groups is 1. The first-order valence-electron chi connectivity index (χ1n) is 8.98. The van der Waals surface area contributed by atoms with E-state index in [-0.39, 0.29) is 5.91 Å². The molecule has 2 aromatic carbocycles. The molecule has 0 saturated heterocycles. The van der Waals surface area contributed by atoms with Crippen molar-refractivity contribution in [2.75, 3.05) is 18.1 Å². The molecule has 0 spiro atoms. The number of hydrogen-bond donors (Lipinski definition) is 1. The zero-order valence-electron chi connectivity index (χ0n) is 14.5. The summed E-state index contributed by atoms with van der Waals surface area (Å²) in [6.07, 6.45) is 6.07. The highest BCUT2D eigenvalue weighted by Crippen LogP contribution is 2.36. The van der Waals surface area contributed by atoms with E-state index in [0.29, 0.717) is 11.8 Å². The number of benzene rings is 2. The topological polar surface area (TPSA) is 44.7 Å². The summed E-state index contributed by atoms with van der Waals surface area (Å²) in [5.41, 5.74) is 2.04. The normalized spacial score (nSPS) is 17.1. The van der Waals surface area contributed by atoms with Crippen molar-refractivity contribution in [3.05, 3.63) is 36.4 Å². The third kappa shape index (κ3) is 3.38. The lowest BCUT2D eigenvalue weighted by atomic mass is 9.94. The summed E-state index contributed by atoms with van der Waals surface area (Å²) >= 11 is 1.49. The number of hydrogen-bond acceptors (Lipinski definition) is 4. The molecular formula is C20H23N3OS. The number of thioether (sulfide) groups is 1. The van der Waals surface area contributed by atoms with Gasteiger partial charge < -0.3 is 10.2 Å². The number of nitrogens with one attached hydrogen (secondary N) is 1. The third-order valence-corrected chi connectivity index (χ3v) is 6.05. The van der Waals surface area contributed by atoms with Crippen LogP contribution in [0.25, 0.3) is 10.8 Å². The minimum Gasteiger partial charge on any atom is -0.342 e. The van der Waals surface area contributed by atoms with Crippen molar-refractivity contribution >= 4 is 45.0 Å². The molecule has 0 bridgehead atoms. The summed E-state index contributed by atoms with van der Waals surface area (Å²) in [6, 6.07) is 12.8. The lowest BCUT2D eigenvalue weighted by Gasteiger charge is -2.31. The van der Waals surface area contributed by atoms with E-state index in [1.807, 2.05) is 30.1 Å². The van der Waals surface area contributed by atoms with Gasteiger partial charge in [-0.1, -0.05) is 55.3 Å². The van der Waals surface area contributed by atoms with E-state index in [1.165, 1.54) is 36.4 Å². The van der Waals surface area contributed by atoms with Crippen LogP contribution < -0.4 is 5.32 Å². The molecule has 1 amide bonds. The SMILES string of the molecule is CN(C(=O)CSC1=Nc2cccc3cccc(c23)N1)C1CCCCC1. The Kier molecular flexibility index (Phi) is 4.66. The van der Waals surface area contributed by atoms with Crippen LogP contribution in [0.5, 0.6) is 0 Å². The predicted molar refractivity (Wildman–Crippen MR) is 107 cm³/mol. The van der Waals surface area contributed by atoms with Gasteiger partial charge in [-0.25, -0.2) is 4.99 Å². The van der Waals surface area contributed by atoms with E-state index in [4.69, 9.17) is 4.99 Å². The van der Waals surface area contributed by atoms with Gasteiger partial charge in [-0.2, -0.15) is 0 Å². The molecule has 0 radical (unpaired) electrons. The highest BCUT2D eigenvalue weighted by molar-refractivity contribution is 8.14. The van der Waals surface area contributed by atoms with Crippen molar-refractivity contribution < 1.29 is 4.79 Å². The van der Waals surface area contributed by atoms with E-state index in [9.17, 15) is 4.79 Å². The number of carbonyl (C=O) groups is 1. The molecular weight excluding hydrogens is 330 g/mol. The second kappa shape index (κ2) is 7.08. The summed E-state index contributed by atoms with van der Waals surface area (Å²) in [5, 5.41) is 6.52. The molecule has 1 heterocycles. The number of carbonyl (C=O) groups excluding carboxylic acids is 1. The summed E-state index contributed by atoms with van der Waals surface area (Å²) in [4.78, 5) is 19.2. The zero-order valence-corrected chi connectivity index (χ0v) is 15.3. The Hall–Kier alpha value is -2.01. The summed E-state index contributed by atoms with van der Waals surface area (Å²) in [7, 11) is 1.95. The molecule has 4 rings (SSSR count). The molecule has 1 N–H and O–H groups in total. The molecule has 1 aliphatic heterocycles. The van der Waals surface area contributed by atoms with Gasteiger partial charge in [0.1, 0.15) is 0 Å². The predicted octanol–water partition coefficient (Wildman–Crippen LogP) is 4.78. The van der Waals surface area contributed by atoms with Crippen LogP contribution in [-0.2, 0) is 4.79 Å². The van der Waals surface area contributed by atoms with Crippen LogP contribution in [0.4, 0.5) is 11.4 Å². The first-order valence-corrected chi connectivity index (χ1v) is 9.97. The van der Waals surface area contributed by atoms with Gasteiger partial charge in [-0.3, -0.25) is 4.79 Å². The van der Waals surface area contributed by atoms with Crippen LogP contribution in [0, 0.1) is 0 Å². The molecule has 0 unspecified atom stereocenters. The Labute approximate surface area is 152 Å². The monoisotopic (exact) mass is 353 g/mol. The summed E-state index contributed by atoms with van der Waals surface area (Å²) < 4.78 is 0. The Morgan fingerprint density at radius 3 is 2.76 bits per heavy atom. The molecule has 2 aliphatic rings. The fourth-order valence-electron chi connectivity index (χ4n) is 3.74. The maximum atomic E-state index is 12.5. The molecule has 4 nitrogen and oxygen atoms in total. The number of rotatable bonds is 3. The van der Waals surface area contributed by atoms with Gasteiger partial charge >= 0.3 is 0 Å². The Morgan fingerprint density at radius 1 is 1.20 bits per heavy atom. The second-order valence-electron chi connectivity index (χ2n) is 6.81. The van der Waals surface area contributed by atoms with E-state index in [0.717, 1.165) is 34.8 Å². The number of aliphatic imine (C=N–C) groups is 1. The Balaban J connectivity index is 1.44. The standard InChI is InChI=1S/C20H23N3OS/c1-23(15-9-3-2-4-10-15)18(24)13-25-20-21-16-11-5-7-14-8-6-12-17(22-20)19(14)16/h5-8,11-12,15H,2-4,9-10,13H2,1H3,(H,21,22). The Bertz CT molecular complexity index is 822. The summed E-state index contributed by atoms with van der Waals surface area (Å²) in [5.74, 6) is 0.621. The van der Waals surface area contributed by atoms with Gasteiger partial charge in [0.05, 0.1) is 17.1 Å². The fourth-order valence-corrected chi connectivity index (χ4v) is 4.55. The second-order valence-corrected chi connectivity index (χ2v) is 7.77. The van der Waals surface area contributed by atoms with Crippen LogP contribution in [0.2, 0.25) is 0 Å². The molecule has 1 saturated carbocycles. The lowest BCUT2D eigenvalue weighted by molar-refractivity contribution is -0.129. The quantitative estimate of drug-likeness (QED) is 0.864. The van der Waals surface area contributed by atoms with E-state index in [1.54, 1.807) is 0 Å². The number of amides is 1. The molecule has 0 aromatic heterocycles. The van der Waals surface area contributed by atoms with Gasteiger partial charge in [0.2, 0.25) is 5.91 Å². The van der Waals surface area contributed by atoms with Gasteiger partial charge in [0.15, 0.2) is 5.17 Å². The van der Waals surface area contributed by atoms with Crippen LogP contribution in [-0.4, -0.2) is 34.8 Å². The van der Waals surface area contributed by atoms with E-state index < -0.39 is 0 Å². The maximum absolute atomic E-state index is 12.5. The largest absolute Gasteiger partial charge is 0.342 e. The van der Waals surface area contributed by atoms with E-state index in [2.05, 4.69) is 23.5 Å². The average molecular weight is 353 g/mol. The minimum atomic E-state index is 0.193. The van der Waals surface area contributed by atoms with Crippen molar-refractivity contribution in [3.8, 4) is 0 Å². The van der Waals surface area contributed by atoms with Crippen molar-refractivity contribution in [2.24, 2.45) is 4.99 Å². The smallest absolute Gasteiger partial charge is 0.233 e. The maximum Gasteiger partial charge on any atom is 0.233 e. The minimum absolute atomic E-state index is 0.193. The Morgan fingerprint density at radius 2 is 1.96 bits per heavy atom. The van der Waals surface area contributed by atoms with Crippen LogP contribution >= 0.6 is 11.8 Å². The van der Waals surface area contributed by atoms with Crippen molar-refractivity contribution in [1.82, 2.24) is 4.90 Å². The van der Waals surface area contributed by atoms with Gasteiger partial charge in [0.25, 0.3) is 0 Å². The van der Waals surface area contributed by atoms with Crippen LogP contribution in [0.1, 0.15) is 32.1 Å². The third-order valence-electron chi connectivity index (χ3n) is 5.19. The van der Waals surface area contributed by atoms with Crippen molar-refractivity contribution in [1.29, 1.82) is 0 Å². The highest BCUT2D eigenvalue weighted by atomic mass is 32.2. The average Bonchev–Trinajstić information content (AvgIpc) is 2.66. The van der Waals surface area contributed by atoms with Gasteiger partial charge in [0, 0.05) is 18.5 Å². The molecule has 1 aliphatic carbocycles. The first kappa shape index (κ1) is 16.5. The highest BCUT2D eigenvalue weighted by Gasteiger charge is 2.23. The first-order chi connectivity index (χ1) is 12.2. The van der Waals surface area contributed by atoms with Crippen molar-refractivity contribution in [3.63, 3.8) is 0 Å². The van der Waals surface area contributed by atoms with E-state index >= 15 is 0 Å². The zero-order chi connectivity index (χ0) is 17.2. The van der Waals surface area contributed by atoms with Crippen LogP contribution in [0.15, 0.2) is 41.4 Å². The fraction of sp³-hybridized carbons (Fsp3) is 0.400. The molecule has 25 heavy (non-hydrogen) atoms. The molecule has 1 fully saturated rings. The number of anilines is 1. The van der Waals surface area contributed by atoms with Crippen LogP contribution in [0.3, 0.4) is 0 Å². The lowest BCUT2D eigenvalue weighted by Crippen LogP contribution is -2.39. The van der Waals surface area contributed by atoms with Gasteiger partial charge in [-0.15, -0.1) is 0 Å². The molecule has 5 heteroatoms. The van der Waals surface area contributed by atoms with Crippen molar-refractivity contribution in [2.45, 2.75) is 38.1 Å². The molecule has 2 aromatic rings. The number of nitrogens with zero attached hydrogens (tertiary/aromatic N) is 2. The summed E-state index contributed by atoms with van der Waals surface area (Å²) in [6.45, 7) is 0.